The molecule has 4 atom stereocenters. The molecule has 3 aliphatic rings. The van der Waals surface area contributed by atoms with Gasteiger partial charge in [0.1, 0.15) is 11.5 Å². The summed E-state index contributed by atoms with van der Waals surface area (Å²) in [6, 6.07) is 1.20. The molecule has 1 aliphatic carbocycles. The van der Waals surface area contributed by atoms with Gasteiger partial charge in [-0.15, -0.1) is 0 Å². The van der Waals surface area contributed by atoms with Crippen molar-refractivity contribution >= 4 is 11.8 Å². The molecule has 0 radical (unpaired) electrons. The van der Waals surface area contributed by atoms with Crippen LogP contribution in [0.2, 0.25) is 0 Å². The van der Waals surface area contributed by atoms with E-state index in [4.69, 9.17) is 4.74 Å². The smallest absolute Gasteiger partial charge is 0.270 e. The van der Waals surface area contributed by atoms with E-state index in [0.717, 1.165) is 26.2 Å². The average molecular weight is 346 g/mol. The number of aryl methyl sites for hydroxylation is 1. The normalized spacial score (nSPS) is 30.2. The lowest BCUT2D eigenvalue weighted by molar-refractivity contribution is -0.133. The van der Waals surface area contributed by atoms with E-state index in [-0.39, 0.29) is 34.9 Å². The lowest BCUT2D eigenvalue weighted by Gasteiger charge is -2.18. The summed E-state index contributed by atoms with van der Waals surface area (Å²) in [5.41, 5.74) is -0.216. The van der Waals surface area contributed by atoms with Crippen molar-refractivity contribution in [1.82, 2.24) is 20.2 Å². The van der Waals surface area contributed by atoms with Gasteiger partial charge >= 0.3 is 0 Å². The third-order valence-electron chi connectivity index (χ3n) is 5.48. The summed E-state index contributed by atoms with van der Waals surface area (Å²) in [5, 5.41) is 2.83. The monoisotopic (exact) mass is 346 g/mol. The van der Waals surface area contributed by atoms with E-state index in [1.54, 1.807) is 6.92 Å². The number of fused-ring (bicyclic) bond motifs is 1. The van der Waals surface area contributed by atoms with E-state index in [1.807, 2.05) is 4.90 Å². The van der Waals surface area contributed by atoms with Gasteiger partial charge in [0.25, 0.3) is 11.5 Å². The predicted octanol–water partition coefficient (Wildman–Crippen LogP) is -0.451. The highest BCUT2D eigenvalue weighted by molar-refractivity contribution is 5.92. The molecule has 2 aliphatic heterocycles. The number of rotatable bonds is 4. The Bertz CT molecular complexity index is 751. The van der Waals surface area contributed by atoms with Gasteiger partial charge < -0.3 is 19.9 Å². The van der Waals surface area contributed by atoms with Crippen molar-refractivity contribution in [3.63, 3.8) is 0 Å². The van der Waals surface area contributed by atoms with Crippen LogP contribution in [0.25, 0.3) is 0 Å². The number of H-pyrrole nitrogens is 1. The lowest BCUT2D eigenvalue weighted by Crippen LogP contribution is -2.35. The third-order valence-corrected chi connectivity index (χ3v) is 5.48. The SMILES string of the molecule is Cc1nc(C(=O)NC[C@H]2CCN(C(=O)C3[C@H]4COC[C@@H]34)C2)cc(=O)[nH]1. The van der Waals surface area contributed by atoms with E-state index in [0.29, 0.717) is 30.7 Å². The summed E-state index contributed by atoms with van der Waals surface area (Å²) in [6.07, 6.45) is 0.881. The third kappa shape index (κ3) is 3.18. The molecule has 25 heavy (non-hydrogen) atoms. The number of carbonyl (C=O) groups excluding carboxylic acids is 2. The molecule has 8 nitrogen and oxygen atoms in total. The zero-order valence-corrected chi connectivity index (χ0v) is 14.2. The van der Waals surface area contributed by atoms with Crippen LogP contribution in [0, 0.1) is 30.6 Å². The fourth-order valence-electron chi connectivity index (χ4n) is 4.04. The number of ether oxygens (including phenoxy) is 1. The van der Waals surface area contributed by atoms with Gasteiger partial charge in [-0.05, 0) is 31.1 Å². The van der Waals surface area contributed by atoms with Crippen LogP contribution < -0.4 is 10.9 Å². The Kier molecular flexibility index (Phi) is 4.07. The minimum absolute atomic E-state index is 0.123. The molecule has 8 heteroatoms. The molecule has 3 heterocycles. The fourth-order valence-corrected chi connectivity index (χ4v) is 4.04. The zero-order valence-electron chi connectivity index (χ0n) is 14.2. The van der Waals surface area contributed by atoms with Gasteiger partial charge in [-0.2, -0.15) is 0 Å². The fraction of sp³-hybridized carbons (Fsp3) is 0.647. The van der Waals surface area contributed by atoms with Gasteiger partial charge in [0.05, 0.1) is 13.2 Å². The van der Waals surface area contributed by atoms with Gasteiger partial charge in [-0.3, -0.25) is 14.4 Å². The Morgan fingerprint density at radius 1 is 1.40 bits per heavy atom. The number of hydrogen-bond donors (Lipinski definition) is 2. The summed E-state index contributed by atoms with van der Waals surface area (Å²) in [7, 11) is 0. The molecule has 0 bridgehead atoms. The van der Waals surface area contributed by atoms with E-state index in [1.165, 1.54) is 6.07 Å². The highest BCUT2D eigenvalue weighted by atomic mass is 16.5. The van der Waals surface area contributed by atoms with Crippen LogP contribution in [0.1, 0.15) is 22.7 Å². The second-order valence-corrected chi connectivity index (χ2v) is 7.26. The molecule has 4 rings (SSSR count). The molecule has 2 amide bonds. The molecule has 1 unspecified atom stereocenters. The molecule has 3 fully saturated rings. The molecular weight excluding hydrogens is 324 g/mol. The van der Waals surface area contributed by atoms with Crippen LogP contribution in [-0.2, 0) is 9.53 Å². The summed E-state index contributed by atoms with van der Waals surface area (Å²) < 4.78 is 5.35. The molecule has 1 saturated carbocycles. The van der Waals surface area contributed by atoms with Crippen molar-refractivity contribution in [2.24, 2.45) is 23.7 Å². The van der Waals surface area contributed by atoms with E-state index in [2.05, 4.69) is 15.3 Å². The van der Waals surface area contributed by atoms with Crippen LogP contribution in [-0.4, -0.2) is 59.5 Å². The van der Waals surface area contributed by atoms with Crippen LogP contribution >= 0.6 is 0 Å². The van der Waals surface area contributed by atoms with Crippen LogP contribution in [0.4, 0.5) is 0 Å². The Labute approximate surface area is 145 Å². The van der Waals surface area contributed by atoms with E-state index < -0.39 is 0 Å². The highest BCUT2D eigenvalue weighted by Crippen LogP contribution is 2.51. The predicted molar refractivity (Wildman–Crippen MR) is 87.9 cm³/mol. The first-order valence-electron chi connectivity index (χ1n) is 8.75. The second-order valence-electron chi connectivity index (χ2n) is 7.26. The molecule has 134 valence electrons. The number of aromatic nitrogens is 2. The number of nitrogens with one attached hydrogen (secondary N) is 2. The van der Waals surface area contributed by atoms with Gasteiger partial charge in [-0.25, -0.2) is 4.98 Å². The number of aromatic amines is 1. The van der Waals surface area contributed by atoms with Crippen molar-refractivity contribution in [2.75, 3.05) is 32.8 Å². The molecular formula is C17H22N4O4. The maximum atomic E-state index is 12.5. The van der Waals surface area contributed by atoms with E-state index in [9.17, 15) is 14.4 Å². The Morgan fingerprint density at radius 3 is 2.88 bits per heavy atom. The maximum absolute atomic E-state index is 12.5. The van der Waals surface area contributed by atoms with Crippen molar-refractivity contribution in [3.8, 4) is 0 Å². The quantitative estimate of drug-likeness (QED) is 0.768. The first-order valence-corrected chi connectivity index (χ1v) is 8.75. The number of hydrogen-bond acceptors (Lipinski definition) is 5. The van der Waals surface area contributed by atoms with Crippen molar-refractivity contribution in [2.45, 2.75) is 13.3 Å². The van der Waals surface area contributed by atoms with Crippen molar-refractivity contribution < 1.29 is 14.3 Å². The second kappa shape index (κ2) is 6.25. The Balaban J connectivity index is 1.27. The van der Waals surface area contributed by atoms with Crippen LogP contribution in [0.15, 0.2) is 10.9 Å². The average Bonchev–Trinajstić information content (AvgIpc) is 2.95. The number of amides is 2. The van der Waals surface area contributed by atoms with Crippen molar-refractivity contribution in [3.05, 3.63) is 27.9 Å². The van der Waals surface area contributed by atoms with Crippen LogP contribution in [0.5, 0.6) is 0 Å². The highest BCUT2D eigenvalue weighted by Gasteiger charge is 2.59. The number of nitrogens with zero attached hydrogens (tertiary/aromatic N) is 2. The van der Waals surface area contributed by atoms with Gasteiger partial charge in [0.2, 0.25) is 5.91 Å². The lowest BCUT2D eigenvalue weighted by atomic mass is 10.1. The standard InChI is InChI=1S/C17H22N4O4/c1-9-19-13(4-14(22)20-9)16(23)18-5-10-2-3-21(6-10)17(24)15-11-7-25-8-12(11)15/h4,10-12,15H,2-3,5-8H2,1H3,(H,18,23)(H,19,20,22)/t10-,11-,12+,15?/m1/s1. The maximum Gasteiger partial charge on any atom is 0.270 e. The summed E-state index contributed by atoms with van der Waals surface area (Å²) in [5.74, 6) is 1.56. The Morgan fingerprint density at radius 2 is 2.16 bits per heavy atom. The molecule has 2 N–H and O–H groups in total. The van der Waals surface area contributed by atoms with Gasteiger partial charge in [0.15, 0.2) is 0 Å². The molecule has 2 saturated heterocycles. The molecule has 0 aromatic carbocycles. The minimum atomic E-state index is -0.354. The van der Waals surface area contributed by atoms with Crippen LogP contribution in [0.3, 0.4) is 0 Å². The largest absolute Gasteiger partial charge is 0.381 e. The van der Waals surface area contributed by atoms with Gasteiger partial charge in [-0.1, -0.05) is 0 Å². The zero-order chi connectivity index (χ0) is 17.6. The summed E-state index contributed by atoms with van der Waals surface area (Å²) in [4.78, 5) is 44.6. The number of likely N-dealkylation sites (tertiary alicyclic amines) is 1. The van der Waals surface area contributed by atoms with E-state index >= 15 is 0 Å². The first-order chi connectivity index (χ1) is 12.0. The number of carbonyl (C=O) groups is 2. The summed E-state index contributed by atoms with van der Waals surface area (Å²) in [6.45, 7) is 4.98. The molecule has 1 aromatic rings. The summed E-state index contributed by atoms with van der Waals surface area (Å²) >= 11 is 0. The Hall–Kier alpha value is -2.22. The topological polar surface area (TPSA) is 104 Å². The molecule has 1 aromatic heterocycles. The molecule has 0 spiro atoms. The van der Waals surface area contributed by atoms with Crippen molar-refractivity contribution in [1.29, 1.82) is 0 Å². The first kappa shape index (κ1) is 16.3. The minimum Gasteiger partial charge on any atom is -0.381 e. The van der Waals surface area contributed by atoms with Gasteiger partial charge in [0, 0.05) is 31.6 Å².